The van der Waals surface area contributed by atoms with Crippen molar-refractivity contribution in [1.29, 1.82) is 5.26 Å². The number of thiophene rings is 1. The van der Waals surface area contributed by atoms with Crippen LogP contribution in [0, 0.1) is 17.1 Å². The monoisotopic (exact) mass is 658 g/mol. The first-order valence-corrected chi connectivity index (χ1v) is 17.4. The molecular formula is C24H17Cl2FN4O5S4. The molecule has 4 aromatic rings. The summed E-state index contributed by atoms with van der Waals surface area (Å²) < 4.78 is 73.6. The van der Waals surface area contributed by atoms with Crippen LogP contribution in [0.1, 0.15) is 11.1 Å². The van der Waals surface area contributed by atoms with Crippen molar-refractivity contribution in [3.8, 4) is 6.07 Å². The lowest BCUT2D eigenvalue weighted by molar-refractivity contribution is 0.305. The van der Waals surface area contributed by atoms with Gasteiger partial charge >= 0.3 is 0 Å². The molecule has 40 heavy (non-hydrogen) atoms. The van der Waals surface area contributed by atoms with Crippen LogP contribution < -0.4 is 5.14 Å². The van der Waals surface area contributed by atoms with Crippen LogP contribution >= 0.6 is 44.6 Å². The quantitative estimate of drug-likeness (QED) is 0.260. The summed E-state index contributed by atoms with van der Waals surface area (Å²) in [6.45, 7) is 0. The number of hydrogen-bond donors (Lipinski definition) is 2. The number of primary sulfonamides is 1. The molecule has 2 aromatic carbocycles. The third-order valence-corrected chi connectivity index (χ3v) is 16.4. The first kappa shape index (κ1) is 28.6. The zero-order chi connectivity index (χ0) is 29.0. The topological polar surface area (TPSA) is 156 Å². The summed E-state index contributed by atoms with van der Waals surface area (Å²) in [6, 6.07) is 14.6. The van der Waals surface area contributed by atoms with Crippen LogP contribution in [0.2, 0.25) is 4.34 Å². The number of aromatic amines is 1. The van der Waals surface area contributed by atoms with Crippen molar-refractivity contribution >= 4 is 75.3 Å². The Morgan fingerprint density at radius 2 is 1.90 bits per heavy atom. The zero-order valence-corrected chi connectivity index (χ0v) is 25.0. The summed E-state index contributed by atoms with van der Waals surface area (Å²) in [7, 11) is -11.7. The van der Waals surface area contributed by atoms with E-state index >= 15 is 0 Å². The second kappa shape index (κ2) is 10.2. The van der Waals surface area contributed by atoms with E-state index in [4.69, 9.17) is 33.1 Å². The highest BCUT2D eigenvalue weighted by Crippen LogP contribution is 2.78. The first-order valence-electron chi connectivity index (χ1n) is 11.0. The average Bonchev–Trinajstić information content (AvgIpc) is 3.59. The number of aromatic nitrogens is 2. The molecule has 0 fully saturated rings. The number of nitrogens with one attached hydrogen (secondary N) is 1. The predicted octanol–water partition coefficient (Wildman–Crippen LogP) is 5.65. The number of fused-ring (bicyclic) bond motifs is 1. The Kier molecular flexibility index (Phi) is 7.28. The van der Waals surface area contributed by atoms with Gasteiger partial charge in [0.15, 0.2) is 5.76 Å². The standard InChI is InChI=1S/C24H17Cl2FN4O5S4/c1-36-20-21(39(32,33)19-8-7-18(25)37-19)24(40(29,34)35)38(22(20)26,12-14-4-2-3-13(9-14)11-28)23-16-6-5-15(27)10-17(16)30-31-23/h2-10H,12H2,1H3,(H,30,31)(H2,29,34,35). The molecule has 0 spiro atoms. The Morgan fingerprint density at radius 3 is 2.52 bits per heavy atom. The number of sulfone groups is 1. The van der Waals surface area contributed by atoms with Crippen LogP contribution in [-0.2, 0) is 30.4 Å². The summed E-state index contributed by atoms with van der Waals surface area (Å²) in [6.07, 6.45) is 0. The number of hydrogen-bond acceptors (Lipinski definition) is 8. The third kappa shape index (κ3) is 4.51. The number of benzene rings is 2. The van der Waals surface area contributed by atoms with E-state index in [1.165, 1.54) is 24.3 Å². The van der Waals surface area contributed by atoms with Gasteiger partial charge in [-0.25, -0.2) is 26.4 Å². The van der Waals surface area contributed by atoms with Crippen LogP contribution in [-0.4, -0.2) is 34.1 Å². The average molecular weight is 660 g/mol. The van der Waals surface area contributed by atoms with Crippen LogP contribution in [0.25, 0.3) is 10.9 Å². The van der Waals surface area contributed by atoms with Crippen molar-refractivity contribution in [2.45, 2.75) is 15.0 Å². The molecule has 1 aliphatic heterocycles. The van der Waals surface area contributed by atoms with E-state index < -0.39 is 50.6 Å². The van der Waals surface area contributed by atoms with Gasteiger partial charge in [0.2, 0.25) is 19.9 Å². The third-order valence-electron chi connectivity index (χ3n) is 6.01. The van der Waals surface area contributed by atoms with Gasteiger partial charge in [0, 0.05) is 17.2 Å². The van der Waals surface area contributed by atoms with Crippen molar-refractivity contribution in [1.82, 2.24) is 10.2 Å². The molecule has 208 valence electrons. The maximum absolute atomic E-state index is 14.1. The molecule has 3 N–H and O–H groups in total. The molecule has 0 bridgehead atoms. The second-order valence-electron chi connectivity index (χ2n) is 8.44. The Balaban J connectivity index is 1.97. The van der Waals surface area contributed by atoms with E-state index in [2.05, 4.69) is 10.2 Å². The van der Waals surface area contributed by atoms with Crippen LogP contribution in [0.3, 0.4) is 0 Å². The Labute approximate surface area is 243 Å². The van der Waals surface area contributed by atoms with Gasteiger partial charge in [-0.05, 0) is 42.0 Å². The number of H-pyrrole nitrogens is 1. The van der Waals surface area contributed by atoms with E-state index in [0.717, 1.165) is 19.2 Å². The Morgan fingerprint density at radius 1 is 1.15 bits per heavy atom. The lowest BCUT2D eigenvalue weighted by atomic mass is 10.2. The highest BCUT2D eigenvalue weighted by Gasteiger charge is 2.55. The number of nitrogens with zero attached hydrogens (tertiary/aromatic N) is 2. The minimum atomic E-state index is -4.84. The molecule has 0 saturated heterocycles. The molecule has 1 atom stereocenters. The van der Waals surface area contributed by atoms with Gasteiger partial charge in [-0.15, -0.1) is 21.4 Å². The van der Waals surface area contributed by atoms with Crippen molar-refractivity contribution in [2.75, 3.05) is 7.11 Å². The zero-order valence-electron chi connectivity index (χ0n) is 20.2. The van der Waals surface area contributed by atoms with Crippen LogP contribution in [0.5, 0.6) is 0 Å². The van der Waals surface area contributed by atoms with Crippen molar-refractivity contribution in [3.05, 3.63) is 95.1 Å². The van der Waals surface area contributed by atoms with Crippen LogP contribution in [0.4, 0.5) is 4.39 Å². The summed E-state index contributed by atoms with van der Waals surface area (Å²) in [4.78, 5) is -0.725. The molecule has 0 saturated carbocycles. The van der Waals surface area contributed by atoms with Gasteiger partial charge in [0.25, 0.3) is 0 Å². The maximum Gasteiger partial charge on any atom is 0.244 e. The fourth-order valence-electron chi connectivity index (χ4n) is 4.44. The van der Waals surface area contributed by atoms with Crippen LogP contribution in [0.15, 0.2) is 83.1 Å². The summed E-state index contributed by atoms with van der Waals surface area (Å²) in [5.74, 6) is -1.22. The molecule has 16 heteroatoms. The number of methoxy groups -OCH3 is 1. The summed E-state index contributed by atoms with van der Waals surface area (Å²) in [5, 5.41) is 22.6. The first-order chi connectivity index (χ1) is 18.8. The molecule has 0 aliphatic carbocycles. The van der Waals surface area contributed by atoms with Gasteiger partial charge in [-0.2, -0.15) is 10.4 Å². The van der Waals surface area contributed by atoms with Gasteiger partial charge in [-0.3, -0.25) is 5.10 Å². The Hall–Kier alpha value is -2.90. The number of halogens is 3. The van der Waals surface area contributed by atoms with E-state index in [0.29, 0.717) is 22.3 Å². The highest BCUT2D eigenvalue weighted by molar-refractivity contribution is 8.46. The SMILES string of the molecule is COC1=C(Cl)S(Cc2cccc(C#N)c2)(c2[nH]nc3cc(F)ccc23)C(S(N)(=O)=O)=C1S(=O)(=O)c1ccc(Cl)s1. The smallest absolute Gasteiger partial charge is 0.244 e. The van der Waals surface area contributed by atoms with E-state index in [-0.39, 0.29) is 34.8 Å². The molecule has 1 unspecified atom stereocenters. The lowest BCUT2D eigenvalue weighted by Gasteiger charge is -2.37. The number of rotatable bonds is 7. The molecule has 5 rings (SSSR count). The van der Waals surface area contributed by atoms with Gasteiger partial charge < -0.3 is 4.74 Å². The molecule has 2 aromatic heterocycles. The lowest BCUT2D eigenvalue weighted by Crippen LogP contribution is -2.23. The normalized spacial score (nSPS) is 19.6. The second-order valence-corrected chi connectivity index (χ2v) is 17.6. The van der Waals surface area contributed by atoms with Crippen molar-refractivity contribution in [2.24, 2.45) is 5.14 Å². The highest BCUT2D eigenvalue weighted by atomic mass is 35.5. The summed E-state index contributed by atoms with van der Waals surface area (Å²) >= 11 is 13.7. The number of sulfonamides is 1. The maximum atomic E-state index is 14.1. The summed E-state index contributed by atoms with van der Waals surface area (Å²) in [5.41, 5.74) is 0.869. The molecule has 9 nitrogen and oxygen atoms in total. The largest absolute Gasteiger partial charge is 0.493 e. The molecule has 0 radical (unpaired) electrons. The molecular weight excluding hydrogens is 642 g/mol. The molecule has 1 aliphatic rings. The number of ether oxygens (including phenoxy) is 1. The Bertz CT molecular complexity index is 2030. The van der Waals surface area contributed by atoms with E-state index in [9.17, 15) is 26.5 Å². The minimum absolute atomic E-state index is 0.114. The van der Waals surface area contributed by atoms with Gasteiger partial charge in [-0.1, -0.05) is 35.3 Å². The molecule has 3 heterocycles. The minimum Gasteiger partial charge on any atom is -0.493 e. The van der Waals surface area contributed by atoms with Crippen molar-refractivity contribution in [3.63, 3.8) is 0 Å². The fourth-order valence-corrected chi connectivity index (χ4v) is 15.8. The van der Waals surface area contributed by atoms with Gasteiger partial charge in [0.05, 0.1) is 33.6 Å². The number of nitriles is 1. The fraction of sp³-hybridized carbons (Fsp3) is 0.0833. The van der Waals surface area contributed by atoms with E-state index in [1.54, 1.807) is 18.2 Å². The number of nitrogens with two attached hydrogens (primary N) is 1. The van der Waals surface area contributed by atoms with Gasteiger partial charge in [0.1, 0.15) is 23.5 Å². The van der Waals surface area contributed by atoms with Crippen molar-refractivity contribution < 1.29 is 26.0 Å². The molecule has 0 amide bonds. The predicted molar refractivity (Wildman–Crippen MR) is 153 cm³/mol. The van der Waals surface area contributed by atoms with E-state index in [1.807, 2.05) is 6.07 Å².